The zero-order valence-electron chi connectivity index (χ0n) is 50.6. The van der Waals surface area contributed by atoms with Gasteiger partial charge in [-0.2, -0.15) is 0 Å². The first-order valence-corrected chi connectivity index (χ1v) is 33.6. The molecule has 0 saturated carbocycles. The van der Waals surface area contributed by atoms with Crippen LogP contribution in [0.25, 0.3) is 0 Å². The number of amides is 1. The van der Waals surface area contributed by atoms with Crippen molar-refractivity contribution in [3.8, 4) is 0 Å². The van der Waals surface area contributed by atoms with Crippen LogP contribution < -0.4 is 5.32 Å². The molecule has 7 N–H and O–H groups in total. The first-order chi connectivity index (χ1) is 37.8. The number of hydrogen-bond donors (Lipinski definition) is 7. The van der Waals surface area contributed by atoms with Crippen molar-refractivity contribution in [3.05, 3.63) is 24.3 Å². The van der Waals surface area contributed by atoms with E-state index in [-0.39, 0.29) is 6.61 Å². The van der Waals surface area contributed by atoms with Gasteiger partial charge in [-0.3, -0.25) is 4.79 Å². The van der Waals surface area contributed by atoms with Crippen LogP contribution in [0.1, 0.15) is 335 Å². The second-order valence-corrected chi connectivity index (χ2v) is 23.8. The van der Waals surface area contributed by atoms with Crippen LogP contribution in [0.5, 0.6) is 0 Å². The van der Waals surface area contributed by atoms with Crippen molar-refractivity contribution in [2.24, 2.45) is 0 Å². The Morgan fingerprint density at radius 1 is 0.442 bits per heavy atom. The monoisotopic (exact) mass is 1090 g/mol. The number of carbonyl (C=O) groups is 1. The van der Waals surface area contributed by atoms with Gasteiger partial charge in [-0.1, -0.05) is 314 Å². The minimum Gasteiger partial charge on any atom is -0.394 e. The largest absolute Gasteiger partial charge is 0.394 e. The van der Waals surface area contributed by atoms with Gasteiger partial charge in [-0.25, -0.2) is 0 Å². The number of aliphatic hydroxyl groups excluding tert-OH is 6. The highest BCUT2D eigenvalue weighted by Crippen LogP contribution is 2.24. The topological polar surface area (TPSA) is 169 Å². The van der Waals surface area contributed by atoms with Crippen molar-refractivity contribution in [1.82, 2.24) is 5.32 Å². The molecule has 0 aliphatic carbocycles. The summed E-state index contributed by atoms with van der Waals surface area (Å²) < 4.78 is 11.3. The summed E-state index contributed by atoms with van der Waals surface area (Å²) in [4.78, 5) is 13.2. The Morgan fingerprint density at radius 2 is 0.766 bits per heavy atom. The van der Waals surface area contributed by atoms with Gasteiger partial charge < -0.3 is 45.4 Å². The summed E-state index contributed by atoms with van der Waals surface area (Å²) in [5.74, 6) is -0.579. The maximum absolute atomic E-state index is 13.2. The van der Waals surface area contributed by atoms with E-state index in [1.807, 2.05) is 0 Å². The summed E-state index contributed by atoms with van der Waals surface area (Å²) in [6.45, 7) is 3.71. The maximum Gasteiger partial charge on any atom is 0.249 e. The molecule has 77 heavy (non-hydrogen) atoms. The molecule has 1 amide bonds. The first kappa shape index (κ1) is 73.6. The fourth-order valence-electron chi connectivity index (χ4n) is 11.0. The average Bonchev–Trinajstić information content (AvgIpc) is 3.43. The number of ether oxygens (including phenoxy) is 2. The highest BCUT2D eigenvalue weighted by Gasteiger charge is 2.44. The minimum atomic E-state index is -1.60. The van der Waals surface area contributed by atoms with Gasteiger partial charge in [-0.05, 0) is 44.9 Å². The maximum atomic E-state index is 13.2. The summed E-state index contributed by atoms with van der Waals surface area (Å²) >= 11 is 0. The van der Waals surface area contributed by atoms with E-state index in [1.165, 1.54) is 250 Å². The van der Waals surface area contributed by atoms with Crippen LogP contribution in [0.4, 0.5) is 0 Å². The van der Waals surface area contributed by atoms with Gasteiger partial charge >= 0.3 is 0 Å². The fraction of sp³-hybridized carbons (Fsp3) is 0.925. The lowest BCUT2D eigenvalue weighted by Crippen LogP contribution is -2.60. The molecule has 0 bridgehead atoms. The summed E-state index contributed by atoms with van der Waals surface area (Å²) in [7, 11) is 0. The molecule has 8 atom stereocenters. The Morgan fingerprint density at radius 3 is 1.12 bits per heavy atom. The lowest BCUT2D eigenvalue weighted by Gasteiger charge is -2.40. The van der Waals surface area contributed by atoms with E-state index in [0.717, 1.165) is 57.8 Å². The van der Waals surface area contributed by atoms with Gasteiger partial charge in [0.25, 0.3) is 0 Å². The molecule has 0 aromatic heterocycles. The van der Waals surface area contributed by atoms with Gasteiger partial charge in [0.15, 0.2) is 6.29 Å². The highest BCUT2D eigenvalue weighted by atomic mass is 16.7. The molecule has 0 spiro atoms. The van der Waals surface area contributed by atoms with Gasteiger partial charge in [0.1, 0.15) is 30.5 Å². The molecule has 0 aromatic carbocycles. The second-order valence-electron chi connectivity index (χ2n) is 23.8. The molecular weight excluding hydrogens is 963 g/mol. The van der Waals surface area contributed by atoms with E-state index in [9.17, 15) is 35.4 Å². The van der Waals surface area contributed by atoms with Crippen molar-refractivity contribution in [3.63, 3.8) is 0 Å². The highest BCUT2D eigenvalue weighted by molar-refractivity contribution is 5.80. The van der Waals surface area contributed by atoms with E-state index < -0.39 is 61.5 Å². The van der Waals surface area contributed by atoms with Gasteiger partial charge in [0.05, 0.1) is 25.4 Å². The number of unbranched alkanes of at least 4 members (excludes halogenated alkanes) is 44. The van der Waals surface area contributed by atoms with Crippen molar-refractivity contribution in [2.45, 2.75) is 384 Å². The SMILES string of the molecule is CCCCCCCCCCCCCCCCC/C=C\C/C=C\CCCCCCCCCCCCCCCCCCC(O)C(=O)NC(COC1OC(CO)C(O)C(O)C1O)C(O)CCCCCCCCCCCCCCCC. The quantitative estimate of drug-likeness (QED) is 0.0232. The molecule has 1 heterocycles. The third-order valence-corrected chi connectivity index (χ3v) is 16.4. The molecule has 456 valence electrons. The first-order valence-electron chi connectivity index (χ1n) is 33.6. The number of hydrogen-bond acceptors (Lipinski definition) is 9. The number of nitrogens with one attached hydrogen (secondary N) is 1. The third-order valence-electron chi connectivity index (χ3n) is 16.4. The van der Waals surface area contributed by atoms with Gasteiger partial charge in [-0.15, -0.1) is 0 Å². The number of carbonyl (C=O) groups excluding carboxylic acids is 1. The summed E-state index contributed by atoms with van der Waals surface area (Å²) in [6, 6.07) is -0.893. The molecule has 10 heteroatoms. The number of rotatable bonds is 59. The summed E-state index contributed by atoms with van der Waals surface area (Å²) in [5.41, 5.74) is 0. The molecule has 1 aliphatic rings. The van der Waals surface area contributed by atoms with Crippen LogP contribution in [-0.4, -0.2) is 98.7 Å². The Balaban J connectivity index is 2.07. The van der Waals surface area contributed by atoms with Gasteiger partial charge in [0.2, 0.25) is 5.91 Å². The molecule has 1 rings (SSSR count). The van der Waals surface area contributed by atoms with Gasteiger partial charge in [0, 0.05) is 0 Å². The summed E-state index contributed by atoms with van der Waals surface area (Å²) in [6.07, 6.45) is 62.9. The van der Waals surface area contributed by atoms with Crippen LogP contribution in [0.2, 0.25) is 0 Å². The molecule has 1 aliphatic heterocycles. The Labute approximate surface area is 475 Å². The van der Waals surface area contributed by atoms with Crippen LogP contribution in [0, 0.1) is 0 Å². The molecule has 1 fully saturated rings. The zero-order chi connectivity index (χ0) is 55.9. The molecule has 10 nitrogen and oxygen atoms in total. The standard InChI is InChI=1S/C67H129NO9/c1-3-5-7-9-11-13-15-17-19-20-21-22-23-24-25-26-27-28-29-30-31-32-33-34-35-36-37-38-39-40-41-42-44-46-48-50-52-54-56-61(71)66(75)68-59(58-76-67-65(74)64(73)63(72)62(57-69)77-67)60(70)55-53-51-49-47-45-43-18-16-14-12-10-8-6-4-2/h27-28,30-31,59-65,67,69-74H,3-26,29,32-58H2,1-2H3,(H,68,75)/b28-27-,31-30-. The molecule has 0 radical (unpaired) electrons. The van der Waals surface area contributed by atoms with Crippen molar-refractivity contribution >= 4 is 5.91 Å². The second kappa shape index (κ2) is 56.5. The van der Waals surface area contributed by atoms with E-state index >= 15 is 0 Å². The average molecular weight is 1090 g/mol. The predicted molar refractivity (Wildman–Crippen MR) is 324 cm³/mol. The molecule has 8 unspecified atom stereocenters. The van der Waals surface area contributed by atoms with Crippen molar-refractivity contribution in [1.29, 1.82) is 0 Å². The Hall–Kier alpha value is -1.37. The molecule has 0 aromatic rings. The van der Waals surface area contributed by atoms with Crippen molar-refractivity contribution in [2.75, 3.05) is 13.2 Å². The molecule has 1 saturated heterocycles. The van der Waals surface area contributed by atoms with Crippen LogP contribution in [0.15, 0.2) is 24.3 Å². The van der Waals surface area contributed by atoms with E-state index in [2.05, 4.69) is 43.5 Å². The zero-order valence-corrected chi connectivity index (χ0v) is 50.6. The lowest BCUT2D eigenvalue weighted by atomic mass is 9.99. The predicted octanol–water partition coefficient (Wildman–Crippen LogP) is 16.7. The smallest absolute Gasteiger partial charge is 0.249 e. The fourth-order valence-corrected chi connectivity index (χ4v) is 11.0. The number of aliphatic hydroxyl groups is 6. The summed E-state index contributed by atoms with van der Waals surface area (Å²) in [5, 5.41) is 65.3. The number of allylic oxidation sites excluding steroid dienone is 4. The van der Waals surface area contributed by atoms with E-state index in [0.29, 0.717) is 12.8 Å². The van der Waals surface area contributed by atoms with E-state index in [4.69, 9.17) is 9.47 Å². The lowest BCUT2D eigenvalue weighted by molar-refractivity contribution is -0.302. The minimum absolute atomic E-state index is 0.252. The molecular formula is C67H129NO9. The van der Waals surface area contributed by atoms with Crippen LogP contribution >= 0.6 is 0 Å². The Bertz CT molecular complexity index is 1280. The van der Waals surface area contributed by atoms with Crippen molar-refractivity contribution < 1.29 is 44.9 Å². The van der Waals surface area contributed by atoms with Crippen LogP contribution in [-0.2, 0) is 14.3 Å². The third kappa shape index (κ3) is 44.9. The van der Waals surface area contributed by atoms with E-state index in [1.54, 1.807) is 0 Å². The Kier molecular flexibility index (Phi) is 54.0. The van der Waals surface area contributed by atoms with Crippen LogP contribution in [0.3, 0.4) is 0 Å². The normalized spacial score (nSPS) is 19.2.